The largest absolute Gasteiger partial charge is 0.455 e. The zero-order valence-electron chi connectivity index (χ0n) is 16.7. The number of guanidine groups is 1. The molecule has 1 aliphatic heterocycles. The van der Waals surface area contributed by atoms with Crippen LogP contribution in [0.5, 0.6) is 11.5 Å². The predicted molar refractivity (Wildman–Crippen MR) is 114 cm³/mol. The third kappa shape index (κ3) is 3.76. The zero-order chi connectivity index (χ0) is 22.1. The van der Waals surface area contributed by atoms with Gasteiger partial charge in [0.1, 0.15) is 17.1 Å². The normalized spacial score (nSPS) is 14.2. The molecule has 0 saturated carbocycles. The highest BCUT2D eigenvalue weighted by Gasteiger charge is 2.32. The summed E-state index contributed by atoms with van der Waals surface area (Å²) in [5, 5.41) is 20.4. The molecule has 1 aliphatic rings. The van der Waals surface area contributed by atoms with Crippen LogP contribution >= 0.6 is 0 Å². The predicted octanol–water partition coefficient (Wildman–Crippen LogP) is 1.63. The Kier molecular flexibility index (Phi) is 5.00. The number of aromatic nitrogens is 2. The number of nitrogens with one attached hydrogen (secondary N) is 1. The molecule has 1 fully saturated rings. The molecule has 3 aromatic rings. The SMILES string of the molecule is Cc1c(C(=O)N2CC(C#N)C2)cn2nccc(Oc3ccc(/C(N)=N/C(=N)N)cc3)c12. The molecule has 5 N–H and O–H groups in total. The third-order valence-corrected chi connectivity index (χ3v) is 5.09. The van der Waals surface area contributed by atoms with E-state index in [9.17, 15) is 4.79 Å². The van der Waals surface area contributed by atoms with Crippen molar-refractivity contribution in [1.29, 1.82) is 10.7 Å². The summed E-state index contributed by atoms with van der Waals surface area (Å²) in [7, 11) is 0. The van der Waals surface area contributed by atoms with Gasteiger partial charge in [-0.3, -0.25) is 10.2 Å². The van der Waals surface area contributed by atoms with Crippen LogP contribution in [0.4, 0.5) is 0 Å². The van der Waals surface area contributed by atoms with E-state index < -0.39 is 0 Å². The van der Waals surface area contributed by atoms with E-state index in [-0.39, 0.29) is 23.6 Å². The molecule has 0 bridgehead atoms. The van der Waals surface area contributed by atoms with Gasteiger partial charge in [0.2, 0.25) is 5.96 Å². The number of aryl methyl sites for hydroxylation is 1. The molecule has 1 aromatic carbocycles. The van der Waals surface area contributed by atoms with Crippen LogP contribution in [0.15, 0.2) is 47.7 Å². The molecule has 1 amide bonds. The quantitative estimate of drug-likeness (QED) is 0.433. The number of nitrogens with two attached hydrogens (primary N) is 2. The number of amides is 1. The number of hydrogen-bond acceptors (Lipinski definition) is 5. The molecule has 4 rings (SSSR count). The van der Waals surface area contributed by atoms with E-state index in [0.29, 0.717) is 41.2 Å². The topological polar surface area (TPSA) is 159 Å². The Morgan fingerprint density at radius 1 is 1.29 bits per heavy atom. The van der Waals surface area contributed by atoms with E-state index >= 15 is 0 Å². The van der Waals surface area contributed by atoms with Crippen molar-refractivity contribution in [2.24, 2.45) is 22.4 Å². The monoisotopic (exact) mass is 416 g/mol. The Hall–Kier alpha value is -4.39. The van der Waals surface area contributed by atoms with Gasteiger partial charge in [0.15, 0.2) is 5.75 Å². The van der Waals surface area contributed by atoms with E-state index in [1.54, 1.807) is 52.1 Å². The zero-order valence-corrected chi connectivity index (χ0v) is 16.7. The summed E-state index contributed by atoms with van der Waals surface area (Å²) in [6.45, 7) is 2.74. The Bertz CT molecular complexity index is 1250. The maximum atomic E-state index is 12.8. The highest BCUT2D eigenvalue weighted by atomic mass is 16.5. The fraction of sp³-hybridized carbons (Fsp3) is 0.190. The number of rotatable bonds is 4. The maximum absolute atomic E-state index is 12.8. The van der Waals surface area contributed by atoms with Crippen molar-refractivity contribution in [3.05, 3.63) is 59.4 Å². The number of fused-ring (bicyclic) bond motifs is 1. The summed E-state index contributed by atoms with van der Waals surface area (Å²) in [4.78, 5) is 18.2. The Morgan fingerprint density at radius 2 is 2.00 bits per heavy atom. The molecule has 156 valence electrons. The molecule has 0 aliphatic carbocycles. The van der Waals surface area contributed by atoms with Crippen molar-refractivity contribution in [2.45, 2.75) is 6.92 Å². The lowest BCUT2D eigenvalue weighted by atomic mass is 10.0. The lowest BCUT2D eigenvalue weighted by Crippen LogP contribution is -2.49. The number of ether oxygens (including phenoxy) is 1. The van der Waals surface area contributed by atoms with E-state index in [1.807, 2.05) is 6.92 Å². The molecule has 1 saturated heterocycles. The standard InChI is InChI=1S/C21H20N8O2/c1-12-16(20(30)28-9-13(8-22)10-28)11-29-18(12)17(6-7-26-29)31-15-4-2-14(3-5-15)19(23)27-21(24)25/h2-7,11,13H,9-10H2,1H3,(H5,23,24,25,27). The number of nitriles is 1. The van der Waals surface area contributed by atoms with Crippen molar-refractivity contribution in [1.82, 2.24) is 14.5 Å². The van der Waals surface area contributed by atoms with Crippen LogP contribution in [0.1, 0.15) is 21.5 Å². The van der Waals surface area contributed by atoms with Crippen LogP contribution in [0, 0.1) is 29.6 Å². The smallest absolute Gasteiger partial charge is 0.255 e. The average Bonchev–Trinajstić information content (AvgIpc) is 3.05. The summed E-state index contributed by atoms with van der Waals surface area (Å²) < 4.78 is 7.66. The number of carbonyl (C=O) groups is 1. The van der Waals surface area contributed by atoms with Crippen LogP contribution in [-0.4, -0.2) is 45.3 Å². The minimum atomic E-state index is -0.368. The number of nitrogens with zero attached hydrogens (tertiary/aromatic N) is 5. The Labute approximate surface area is 177 Å². The lowest BCUT2D eigenvalue weighted by Gasteiger charge is -2.35. The summed E-state index contributed by atoms with van der Waals surface area (Å²) in [5.41, 5.74) is 13.6. The van der Waals surface area contributed by atoms with Crippen molar-refractivity contribution in [3.8, 4) is 17.6 Å². The number of hydrogen-bond donors (Lipinski definition) is 3. The van der Waals surface area contributed by atoms with E-state index in [0.717, 1.165) is 5.56 Å². The van der Waals surface area contributed by atoms with Crippen LogP contribution in [0.2, 0.25) is 0 Å². The molecule has 3 heterocycles. The fourth-order valence-electron chi connectivity index (χ4n) is 3.43. The second-order valence-corrected chi connectivity index (χ2v) is 7.20. The number of likely N-dealkylation sites (tertiary alicyclic amines) is 1. The van der Waals surface area contributed by atoms with Gasteiger partial charge in [-0.1, -0.05) is 0 Å². The fourth-order valence-corrected chi connectivity index (χ4v) is 3.43. The van der Waals surface area contributed by atoms with Crippen molar-refractivity contribution >= 4 is 23.2 Å². The van der Waals surface area contributed by atoms with E-state index in [1.165, 1.54) is 0 Å². The van der Waals surface area contributed by atoms with Gasteiger partial charge in [-0.05, 0) is 36.8 Å². The Morgan fingerprint density at radius 3 is 2.65 bits per heavy atom. The first-order chi connectivity index (χ1) is 14.9. The van der Waals surface area contributed by atoms with E-state index in [2.05, 4.69) is 16.2 Å². The molecule has 10 nitrogen and oxygen atoms in total. The first-order valence-electron chi connectivity index (χ1n) is 9.49. The first kappa shape index (κ1) is 19.9. The highest BCUT2D eigenvalue weighted by molar-refractivity contribution is 6.04. The van der Waals surface area contributed by atoms with Crippen LogP contribution in [-0.2, 0) is 0 Å². The second kappa shape index (κ2) is 7.79. The highest BCUT2D eigenvalue weighted by Crippen LogP contribution is 2.31. The third-order valence-electron chi connectivity index (χ3n) is 5.09. The average molecular weight is 416 g/mol. The molecule has 0 unspecified atom stereocenters. The van der Waals surface area contributed by atoms with Crippen LogP contribution < -0.4 is 16.2 Å². The van der Waals surface area contributed by atoms with Crippen molar-refractivity contribution in [3.63, 3.8) is 0 Å². The minimum Gasteiger partial charge on any atom is -0.455 e. The van der Waals surface area contributed by atoms with Gasteiger partial charge in [0.05, 0.1) is 23.7 Å². The Balaban J connectivity index is 1.60. The first-order valence-corrected chi connectivity index (χ1v) is 9.49. The summed E-state index contributed by atoms with van der Waals surface area (Å²) in [6.07, 6.45) is 3.28. The van der Waals surface area contributed by atoms with Gasteiger partial charge in [0, 0.05) is 30.9 Å². The molecular weight excluding hydrogens is 396 g/mol. The van der Waals surface area contributed by atoms with Gasteiger partial charge in [-0.2, -0.15) is 15.4 Å². The number of aliphatic imine (C=N–C) groups is 1. The molecule has 0 spiro atoms. The maximum Gasteiger partial charge on any atom is 0.255 e. The van der Waals surface area contributed by atoms with Gasteiger partial charge in [-0.25, -0.2) is 4.52 Å². The van der Waals surface area contributed by atoms with Crippen molar-refractivity contribution in [2.75, 3.05) is 13.1 Å². The number of benzene rings is 1. The summed E-state index contributed by atoms with van der Waals surface area (Å²) >= 11 is 0. The molecule has 31 heavy (non-hydrogen) atoms. The van der Waals surface area contributed by atoms with Crippen LogP contribution in [0.25, 0.3) is 5.52 Å². The molecular formula is C21H20N8O2. The number of amidine groups is 1. The van der Waals surface area contributed by atoms with Gasteiger partial charge in [-0.15, -0.1) is 0 Å². The molecule has 0 atom stereocenters. The summed E-state index contributed by atoms with van der Waals surface area (Å²) in [6, 6.07) is 10.8. The van der Waals surface area contributed by atoms with Gasteiger partial charge in [0.25, 0.3) is 5.91 Å². The molecule has 2 aromatic heterocycles. The minimum absolute atomic E-state index is 0.101. The second-order valence-electron chi connectivity index (χ2n) is 7.20. The van der Waals surface area contributed by atoms with Gasteiger partial charge < -0.3 is 21.1 Å². The summed E-state index contributed by atoms with van der Waals surface area (Å²) in [5.74, 6) is 0.651. The molecule has 0 radical (unpaired) electrons. The van der Waals surface area contributed by atoms with Crippen molar-refractivity contribution < 1.29 is 9.53 Å². The van der Waals surface area contributed by atoms with Gasteiger partial charge >= 0.3 is 0 Å². The van der Waals surface area contributed by atoms with E-state index in [4.69, 9.17) is 26.9 Å². The van der Waals surface area contributed by atoms with Crippen LogP contribution in [0.3, 0.4) is 0 Å². The number of carbonyl (C=O) groups excluding carboxylic acids is 1. The molecule has 10 heteroatoms. The lowest BCUT2D eigenvalue weighted by molar-refractivity contribution is 0.0576.